The van der Waals surface area contributed by atoms with Crippen LogP contribution in [0.5, 0.6) is 5.75 Å². The van der Waals surface area contributed by atoms with Crippen LogP contribution in [0.15, 0.2) is 24.3 Å². The number of benzene rings is 1. The van der Waals surface area contributed by atoms with Crippen LogP contribution < -0.4 is 10.5 Å². The van der Waals surface area contributed by atoms with Gasteiger partial charge in [-0.05, 0) is 30.5 Å². The average molecular weight is 221 g/mol. The predicted molar refractivity (Wildman–Crippen MR) is 63.3 cm³/mol. The van der Waals surface area contributed by atoms with Gasteiger partial charge in [0.05, 0.1) is 13.7 Å². The molecule has 1 unspecified atom stereocenters. The Morgan fingerprint density at radius 3 is 2.75 bits per heavy atom. The molecular weight excluding hydrogens is 202 g/mol. The van der Waals surface area contributed by atoms with Crippen molar-refractivity contribution in [1.82, 2.24) is 0 Å². The largest absolute Gasteiger partial charge is 0.497 e. The zero-order valence-corrected chi connectivity index (χ0v) is 9.65. The molecule has 1 aromatic carbocycles. The summed E-state index contributed by atoms with van der Waals surface area (Å²) >= 11 is 0. The second-order valence-corrected chi connectivity index (χ2v) is 4.63. The van der Waals surface area contributed by atoms with Crippen LogP contribution in [0.2, 0.25) is 0 Å². The maximum atomic E-state index is 9.48. The Bertz CT molecular complexity index is 355. The highest BCUT2D eigenvalue weighted by Crippen LogP contribution is 2.48. The molecule has 2 rings (SSSR count). The minimum atomic E-state index is -0.105. The van der Waals surface area contributed by atoms with Gasteiger partial charge in [-0.15, -0.1) is 0 Å². The molecule has 0 saturated heterocycles. The lowest BCUT2D eigenvalue weighted by Gasteiger charge is -2.45. The Kier molecular flexibility index (Phi) is 3.17. The minimum absolute atomic E-state index is 0.0960. The monoisotopic (exact) mass is 221 g/mol. The van der Waals surface area contributed by atoms with Crippen LogP contribution in [-0.4, -0.2) is 18.8 Å². The van der Waals surface area contributed by atoms with Crippen molar-refractivity contribution >= 4 is 0 Å². The molecule has 0 spiro atoms. The van der Waals surface area contributed by atoms with E-state index in [2.05, 4.69) is 0 Å². The Labute approximate surface area is 96.2 Å². The molecule has 88 valence electrons. The van der Waals surface area contributed by atoms with Crippen LogP contribution in [0.4, 0.5) is 0 Å². The molecule has 0 amide bonds. The highest BCUT2D eigenvalue weighted by molar-refractivity contribution is 5.32. The second kappa shape index (κ2) is 4.44. The van der Waals surface area contributed by atoms with Crippen molar-refractivity contribution in [3.63, 3.8) is 0 Å². The standard InChI is InChI=1S/C13H19NO2/c1-16-11-5-2-4-10(8-11)12(14)13(9-15)6-3-7-13/h2,4-5,8,12,15H,3,6-7,9,14H2,1H3. The molecular formula is C13H19NO2. The summed E-state index contributed by atoms with van der Waals surface area (Å²) in [5.41, 5.74) is 7.20. The van der Waals surface area contributed by atoms with Crippen LogP contribution >= 0.6 is 0 Å². The molecule has 0 aliphatic heterocycles. The van der Waals surface area contributed by atoms with Gasteiger partial charge in [0.1, 0.15) is 5.75 Å². The van der Waals surface area contributed by atoms with Gasteiger partial charge in [0.2, 0.25) is 0 Å². The smallest absolute Gasteiger partial charge is 0.119 e. The van der Waals surface area contributed by atoms with E-state index in [1.807, 2.05) is 24.3 Å². The van der Waals surface area contributed by atoms with Gasteiger partial charge in [-0.1, -0.05) is 18.6 Å². The highest BCUT2D eigenvalue weighted by Gasteiger charge is 2.42. The summed E-state index contributed by atoms with van der Waals surface area (Å²) in [5, 5.41) is 9.48. The summed E-state index contributed by atoms with van der Waals surface area (Å²) in [4.78, 5) is 0. The van der Waals surface area contributed by atoms with Gasteiger partial charge < -0.3 is 15.6 Å². The van der Waals surface area contributed by atoms with E-state index in [-0.39, 0.29) is 18.1 Å². The SMILES string of the molecule is COc1cccc(C(N)C2(CO)CCC2)c1. The molecule has 3 heteroatoms. The lowest BCUT2D eigenvalue weighted by molar-refractivity contribution is 0.0183. The predicted octanol–water partition coefficient (Wildman–Crippen LogP) is 1.86. The highest BCUT2D eigenvalue weighted by atomic mass is 16.5. The summed E-state index contributed by atoms with van der Waals surface area (Å²) in [6.45, 7) is 0.172. The number of rotatable bonds is 4. The summed E-state index contributed by atoms with van der Waals surface area (Å²) in [6, 6.07) is 7.71. The third kappa shape index (κ3) is 1.81. The average Bonchev–Trinajstić information content (AvgIpc) is 2.28. The summed E-state index contributed by atoms with van der Waals surface area (Å²) in [7, 11) is 1.65. The molecule has 16 heavy (non-hydrogen) atoms. The van der Waals surface area contributed by atoms with Crippen molar-refractivity contribution in [1.29, 1.82) is 0 Å². The first-order valence-corrected chi connectivity index (χ1v) is 5.72. The van der Waals surface area contributed by atoms with Gasteiger partial charge in [0, 0.05) is 11.5 Å². The van der Waals surface area contributed by atoms with E-state index in [0.29, 0.717) is 0 Å². The van der Waals surface area contributed by atoms with E-state index >= 15 is 0 Å². The summed E-state index contributed by atoms with van der Waals surface area (Å²) < 4.78 is 5.18. The maximum absolute atomic E-state index is 9.48. The molecule has 0 heterocycles. The fourth-order valence-electron chi connectivity index (χ4n) is 2.39. The first-order chi connectivity index (χ1) is 7.72. The third-order valence-corrected chi connectivity index (χ3v) is 3.78. The molecule has 1 aliphatic rings. The Hall–Kier alpha value is -1.06. The van der Waals surface area contributed by atoms with Gasteiger partial charge in [-0.3, -0.25) is 0 Å². The van der Waals surface area contributed by atoms with Crippen LogP contribution in [0.1, 0.15) is 30.9 Å². The van der Waals surface area contributed by atoms with Crippen molar-refractivity contribution in [3.05, 3.63) is 29.8 Å². The number of hydrogen-bond donors (Lipinski definition) is 2. The number of aliphatic hydroxyl groups is 1. The number of hydrogen-bond acceptors (Lipinski definition) is 3. The molecule has 3 N–H and O–H groups in total. The molecule has 1 atom stereocenters. The van der Waals surface area contributed by atoms with E-state index in [4.69, 9.17) is 10.5 Å². The first kappa shape index (κ1) is 11.4. The van der Waals surface area contributed by atoms with Gasteiger partial charge in [0.25, 0.3) is 0 Å². The van der Waals surface area contributed by atoms with E-state index in [0.717, 1.165) is 30.6 Å². The van der Waals surface area contributed by atoms with Crippen molar-refractivity contribution < 1.29 is 9.84 Å². The molecule has 0 aromatic heterocycles. The number of aliphatic hydroxyl groups excluding tert-OH is 1. The molecule has 0 radical (unpaired) electrons. The fourth-order valence-corrected chi connectivity index (χ4v) is 2.39. The van der Waals surface area contributed by atoms with Crippen LogP contribution in [0, 0.1) is 5.41 Å². The van der Waals surface area contributed by atoms with E-state index in [1.165, 1.54) is 0 Å². The van der Waals surface area contributed by atoms with E-state index in [1.54, 1.807) is 7.11 Å². The Balaban J connectivity index is 2.22. The normalized spacial score (nSPS) is 19.9. The second-order valence-electron chi connectivity index (χ2n) is 4.63. The Morgan fingerprint density at radius 1 is 1.50 bits per heavy atom. The van der Waals surface area contributed by atoms with Crippen molar-refractivity contribution in [2.75, 3.05) is 13.7 Å². The third-order valence-electron chi connectivity index (χ3n) is 3.78. The zero-order chi connectivity index (χ0) is 11.6. The van der Waals surface area contributed by atoms with Crippen LogP contribution in [0.3, 0.4) is 0 Å². The van der Waals surface area contributed by atoms with Crippen molar-refractivity contribution in [2.45, 2.75) is 25.3 Å². The molecule has 1 fully saturated rings. The molecule has 1 aliphatic carbocycles. The number of ether oxygens (including phenoxy) is 1. The van der Waals surface area contributed by atoms with E-state index < -0.39 is 0 Å². The van der Waals surface area contributed by atoms with Gasteiger partial charge in [0.15, 0.2) is 0 Å². The van der Waals surface area contributed by atoms with Crippen LogP contribution in [0.25, 0.3) is 0 Å². The van der Waals surface area contributed by atoms with Gasteiger partial charge in [-0.25, -0.2) is 0 Å². The molecule has 3 nitrogen and oxygen atoms in total. The lowest BCUT2D eigenvalue weighted by Crippen LogP contribution is -2.43. The van der Waals surface area contributed by atoms with E-state index in [9.17, 15) is 5.11 Å². The summed E-state index contributed by atoms with van der Waals surface area (Å²) in [5.74, 6) is 0.820. The Morgan fingerprint density at radius 2 is 2.25 bits per heavy atom. The number of methoxy groups -OCH3 is 1. The minimum Gasteiger partial charge on any atom is -0.497 e. The first-order valence-electron chi connectivity index (χ1n) is 5.72. The fraction of sp³-hybridized carbons (Fsp3) is 0.538. The number of nitrogens with two attached hydrogens (primary N) is 1. The molecule has 0 bridgehead atoms. The zero-order valence-electron chi connectivity index (χ0n) is 9.65. The van der Waals surface area contributed by atoms with Gasteiger partial charge in [-0.2, -0.15) is 0 Å². The quantitative estimate of drug-likeness (QED) is 0.816. The lowest BCUT2D eigenvalue weighted by atomic mass is 9.63. The van der Waals surface area contributed by atoms with Gasteiger partial charge >= 0.3 is 0 Å². The van der Waals surface area contributed by atoms with Crippen LogP contribution in [-0.2, 0) is 0 Å². The van der Waals surface area contributed by atoms with Crippen molar-refractivity contribution in [3.8, 4) is 5.75 Å². The van der Waals surface area contributed by atoms with Crippen molar-refractivity contribution in [2.24, 2.45) is 11.1 Å². The topological polar surface area (TPSA) is 55.5 Å². The molecule has 1 saturated carbocycles. The molecule has 1 aromatic rings. The summed E-state index contributed by atoms with van der Waals surface area (Å²) in [6.07, 6.45) is 3.20. The maximum Gasteiger partial charge on any atom is 0.119 e.